The lowest BCUT2D eigenvalue weighted by Gasteiger charge is -2.19. The van der Waals surface area contributed by atoms with Gasteiger partial charge in [-0.3, -0.25) is 9.69 Å². The van der Waals surface area contributed by atoms with Crippen molar-refractivity contribution in [2.45, 2.75) is 31.7 Å². The van der Waals surface area contributed by atoms with Crippen molar-refractivity contribution in [1.82, 2.24) is 4.98 Å². The molecule has 4 rings (SSSR count). The third-order valence-corrected chi connectivity index (χ3v) is 6.72. The van der Waals surface area contributed by atoms with Crippen molar-refractivity contribution in [2.24, 2.45) is 0 Å². The van der Waals surface area contributed by atoms with Crippen LogP contribution in [0.5, 0.6) is 0 Å². The fourth-order valence-corrected chi connectivity index (χ4v) is 4.59. The van der Waals surface area contributed by atoms with Crippen molar-refractivity contribution in [1.29, 1.82) is 0 Å². The Balaban J connectivity index is 1.66. The largest absolute Gasteiger partial charge is 0.467 e. The third-order valence-electron chi connectivity index (χ3n) is 4.93. The molecule has 4 aromatic rings. The highest BCUT2D eigenvalue weighted by molar-refractivity contribution is 7.98. The van der Waals surface area contributed by atoms with Crippen molar-refractivity contribution in [3.63, 3.8) is 0 Å². The normalized spacial score (nSPS) is 11.1. The van der Waals surface area contributed by atoms with Gasteiger partial charge in [0.25, 0.3) is 0 Å². The first-order valence-corrected chi connectivity index (χ1v) is 11.4. The number of amides is 1. The smallest absolute Gasteiger partial charge is 0.233 e. The second-order valence-electron chi connectivity index (χ2n) is 6.98. The molecule has 0 aliphatic rings. The van der Waals surface area contributed by atoms with Gasteiger partial charge in [-0.1, -0.05) is 23.5 Å². The number of thiazole rings is 1. The monoisotopic (exact) mass is 422 g/mol. The summed E-state index contributed by atoms with van der Waals surface area (Å²) in [7, 11) is 0. The minimum Gasteiger partial charge on any atom is -0.467 e. The number of furan rings is 1. The average Bonchev–Trinajstić information content (AvgIpc) is 3.36. The van der Waals surface area contributed by atoms with Crippen molar-refractivity contribution in [2.75, 3.05) is 11.2 Å². The van der Waals surface area contributed by atoms with Crippen molar-refractivity contribution in [3.05, 3.63) is 77.2 Å². The predicted molar refractivity (Wildman–Crippen MR) is 121 cm³/mol. The van der Waals surface area contributed by atoms with E-state index in [4.69, 9.17) is 9.40 Å². The number of aromatic nitrogens is 1. The molecule has 0 aliphatic heterocycles. The minimum atomic E-state index is 0.00537. The first-order valence-electron chi connectivity index (χ1n) is 9.37. The number of carbonyl (C=O) groups is 1. The number of thioether (sulfide) groups is 1. The lowest BCUT2D eigenvalue weighted by atomic mass is 10.1. The van der Waals surface area contributed by atoms with E-state index in [-0.39, 0.29) is 5.91 Å². The number of benzene rings is 2. The summed E-state index contributed by atoms with van der Waals surface area (Å²) in [5.74, 6) is 0.744. The Bertz CT molecular complexity index is 1090. The fourth-order valence-electron chi connectivity index (χ4n) is 3.12. The summed E-state index contributed by atoms with van der Waals surface area (Å²) in [4.78, 5) is 20.9. The van der Waals surface area contributed by atoms with Crippen molar-refractivity contribution in [3.8, 4) is 0 Å². The van der Waals surface area contributed by atoms with Crippen LogP contribution in [0.4, 0.5) is 5.13 Å². The number of rotatable bonds is 6. The third kappa shape index (κ3) is 4.38. The van der Waals surface area contributed by atoms with Crippen LogP contribution >= 0.6 is 23.1 Å². The second kappa shape index (κ2) is 8.43. The van der Waals surface area contributed by atoms with E-state index < -0.39 is 0 Å². The molecule has 148 valence electrons. The van der Waals surface area contributed by atoms with Gasteiger partial charge in [0.2, 0.25) is 5.91 Å². The summed E-state index contributed by atoms with van der Waals surface area (Å²) in [6.45, 7) is 4.54. The Hall–Kier alpha value is -2.57. The van der Waals surface area contributed by atoms with Crippen LogP contribution in [0, 0.1) is 13.8 Å². The quantitative estimate of drug-likeness (QED) is 0.357. The molecule has 0 atom stereocenters. The number of nitrogens with zero attached hydrogens (tertiary/aromatic N) is 2. The van der Waals surface area contributed by atoms with Gasteiger partial charge in [0, 0.05) is 4.90 Å². The molecule has 2 aromatic carbocycles. The predicted octanol–water partition coefficient (Wildman–Crippen LogP) is 6.00. The molecular formula is C23H22N2O2S2. The van der Waals surface area contributed by atoms with Gasteiger partial charge >= 0.3 is 0 Å². The van der Waals surface area contributed by atoms with E-state index in [1.807, 2.05) is 42.7 Å². The lowest BCUT2D eigenvalue weighted by Crippen LogP contribution is -2.31. The lowest BCUT2D eigenvalue weighted by molar-refractivity contribution is -0.118. The molecule has 0 bridgehead atoms. The summed E-state index contributed by atoms with van der Waals surface area (Å²) < 4.78 is 6.60. The molecule has 0 aliphatic carbocycles. The van der Waals surface area contributed by atoms with Crippen LogP contribution < -0.4 is 4.90 Å². The highest BCUT2D eigenvalue weighted by Gasteiger charge is 2.22. The molecule has 0 N–H and O–H groups in total. The van der Waals surface area contributed by atoms with Gasteiger partial charge < -0.3 is 4.42 Å². The second-order valence-corrected chi connectivity index (χ2v) is 8.87. The number of hydrogen-bond acceptors (Lipinski definition) is 5. The van der Waals surface area contributed by atoms with E-state index >= 15 is 0 Å². The number of anilines is 1. The average molecular weight is 423 g/mol. The van der Waals surface area contributed by atoms with Gasteiger partial charge in [-0.25, -0.2) is 4.98 Å². The van der Waals surface area contributed by atoms with E-state index in [1.54, 1.807) is 34.3 Å². The molecule has 0 saturated heterocycles. The highest BCUT2D eigenvalue weighted by Crippen LogP contribution is 2.32. The SMILES string of the molecule is CSc1ccc(CC(=O)N(Cc2ccco2)c2nc3cc(C)c(C)cc3s2)cc1. The zero-order valence-electron chi connectivity index (χ0n) is 16.6. The molecule has 0 fully saturated rings. The topological polar surface area (TPSA) is 46.3 Å². The van der Waals surface area contributed by atoms with Crippen LogP contribution in [0.3, 0.4) is 0 Å². The maximum atomic E-state index is 13.3. The summed E-state index contributed by atoms with van der Waals surface area (Å²) in [6, 6.07) is 16.1. The molecule has 0 saturated carbocycles. The van der Waals surface area contributed by atoms with Gasteiger partial charge in [-0.15, -0.1) is 11.8 Å². The van der Waals surface area contributed by atoms with Crippen LogP contribution in [0.15, 0.2) is 64.1 Å². The van der Waals surface area contributed by atoms with Crippen LogP contribution in [0.2, 0.25) is 0 Å². The van der Waals surface area contributed by atoms with Crippen LogP contribution in [0.25, 0.3) is 10.2 Å². The van der Waals surface area contributed by atoms with Crippen molar-refractivity contribution < 1.29 is 9.21 Å². The Morgan fingerprint density at radius 3 is 2.59 bits per heavy atom. The van der Waals surface area contributed by atoms with Gasteiger partial charge in [0.05, 0.1) is 29.4 Å². The molecule has 29 heavy (non-hydrogen) atoms. The molecule has 0 radical (unpaired) electrons. The van der Waals surface area contributed by atoms with Gasteiger partial charge in [-0.05, 0) is 73.2 Å². The Morgan fingerprint density at radius 1 is 1.14 bits per heavy atom. The summed E-state index contributed by atoms with van der Waals surface area (Å²) in [5.41, 5.74) is 4.34. The van der Waals surface area contributed by atoms with Gasteiger partial charge in [0.1, 0.15) is 5.76 Å². The Morgan fingerprint density at radius 2 is 1.90 bits per heavy atom. The molecule has 1 amide bonds. The maximum absolute atomic E-state index is 13.3. The number of carbonyl (C=O) groups excluding carboxylic acids is 1. The molecule has 4 nitrogen and oxygen atoms in total. The number of aryl methyl sites for hydroxylation is 2. The van der Waals surface area contributed by atoms with E-state index in [0.717, 1.165) is 21.5 Å². The maximum Gasteiger partial charge on any atom is 0.233 e. The molecule has 2 heterocycles. The Kier molecular flexibility index (Phi) is 5.74. The summed E-state index contributed by atoms with van der Waals surface area (Å²) >= 11 is 3.23. The van der Waals surface area contributed by atoms with Crippen molar-refractivity contribution >= 4 is 44.4 Å². The van der Waals surface area contributed by atoms with E-state index in [0.29, 0.717) is 18.1 Å². The molecule has 0 unspecified atom stereocenters. The molecular weight excluding hydrogens is 400 g/mol. The Labute approximate surface area is 178 Å². The number of hydrogen-bond donors (Lipinski definition) is 0. The van der Waals surface area contributed by atoms with Crippen LogP contribution in [-0.4, -0.2) is 17.1 Å². The first-order chi connectivity index (χ1) is 14.0. The first kappa shape index (κ1) is 19.7. The van der Waals surface area contributed by atoms with Gasteiger partial charge in [-0.2, -0.15) is 0 Å². The zero-order chi connectivity index (χ0) is 20.4. The van der Waals surface area contributed by atoms with Crippen LogP contribution in [0.1, 0.15) is 22.5 Å². The van der Waals surface area contributed by atoms with Gasteiger partial charge in [0.15, 0.2) is 5.13 Å². The molecule has 6 heteroatoms. The standard InChI is InChI=1S/C23H22N2O2S2/c1-15-11-20-21(12-16(15)2)29-23(24-20)25(14-18-5-4-10-27-18)22(26)13-17-6-8-19(28-3)9-7-17/h4-12H,13-14H2,1-3H3. The molecule has 0 spiro atoms. The van der Waals surface area contributed by atoms with E-state index in [1.165, 1.54) is 16.0 Å². The minimum absolute atomic E-state index is 0.00537. The zero-order valence-corrected chi connectivity index (χ0v) is 18.3. The summed E-state index contributed by atoms with van der Waals surface area (Å²) in [6.07, 6.45) is 4.00. The van der Waals surface area contributed by atoms with E-state index in [9.17, 15) is 4.79 Å². The summed E-state index contributed by atoms with van der Waals surface area (Å²) in [5, 5.41) is 0.701. The van der Waals surface area contributed by atoms with E-state index in [2.05, 4.69) is 26.0 Å². The van der Waals surface area contributed by atoms with Crippen LogP contribution in [-0.2, 0) is 17.8 Å². The fraction of sp³-hybridized carbons (Fsp3) is 0.217. The number of fused-ring (bicyclic) bond motifs is 1. The highest BCUT2D eigenvalue weighted by atomic mass is 32.2. The molecule has 2 aromatic heterocycles.